The van der Waals surface area contributed by atoms with Gasteiger partial charge in [0, 0.05) is 22.5 Å². The fraction of sp³-hybridized carbons (Fsp3) is 0.167. The van der Waals surface area contributed by atoms with Crippen molar-refractivity contribution < 1.29 is 19.1 Å². The van der Waals surface area contributed by atoms with E-state index in [0.717, 1.165) is 5.56 Å². The molecule has 0 aliphatic carbocycles. The first-order valence-electron chi connectivity index (χ1n) is 9.48. The van der Waals surface area contributed by atoms with Crippen molar-refractivity contribution in [3.05, 3.63) is 83.4 Å². The molecule has 0 aliphatic rings. The van der Waals surface area contributed by atoms with Crippen LogP contribution in [0.2, 0.25) is 0 Å². The number of hydrogen-bond donors (Lipinski definition) is 2. The molecular weight excluding hydrogens is 380 g/mol. The van der Waals surface area contributed by atoms with Crippen molar-refractivity contribution >= 4 is 23.2 Å². The molecule has 0 aliphatic heterocycles. The molecule has 3 rings (SSSR count). The van der Waals surface area contributed by atoms with Crippen molar-refractivity contribution in [3.63, 3.8) is 0 Å². The number of methoxy groups -OCH3 is 2. The number of amides is 2. The summed E-state index contributed by atoms with van der Waals surface area (Å²) in [6.45, 7) is 1.88. The Hall–Kier alpha value is -3.80. The molecule has 2 amide bonds. The smallest absolute Gasteiger partial charge is 0.255 e. The molecule has 0 bridgehead atoms. The highest BCUT2D eigenvalue weighted by Crippen LogP contribution is 2.25. The van der Waals surface area contributed by atoms with Crippen LogP contribution in [-0.2, 0) is 11.2 Å². The number of carbonyl (C=O) groups excluding carboxylic acids is 2. The third kappa shape index (κ3) is 5.17. The molecule has 30 heavy (non-hydrogen) atoms. The van der Waals surface area contributed by atoms with Gasteiger partial charge in [-0.3, -0.25) is 9.59 Å². The van der Waals surface area contributed by atoms with Crippen LogP contribution >= 0.6 is 0 Å². The summed E-state index contributed by atoms with van der Waals surface area (Å²) in [6.07, 6.45) is 0.111. The fourth-order valence-electron chi connectivity index (χ4n) is 3.01. The predicted octanol–water partition coefficient (Wildman–Crippen LogP) is 4.45. The van der Waals surface area contributed by atoms with Crippen molar-refractivity contribution in [2.45, 2.75) is 13.3 Å². The molecule has 3 aromatic carbocycles. The summed E-state index contributed by atoms with van der Waals surface area (Å²) in [5.74, 6) is 0.796. The molecule has 3 aromatic rings. The van der Waals surface area contributed by atoms with E-state index in [0.29, 0.717) is 34.0 Å². The lowest BCUT2D eigenvalue weighted by Crippen LogP contribution is -2.17. The Bertz CT molecular complexity index is 1050. The third-order valence-electron chi connectivity index (χ3n) is 4.64. The van der Waals surface area contributed by atoms with Crippen molar-refractivity contribution in [2.24, 2.45) is 0 Å². The molecule has 0 saturated heterocycles. The van der Waals surface area contributed by atoms with E-state index in [9.17, 15) is 9.59 Å². The Morgan fingerprint density at radius 1 is 0.867 bits per heavy atom. The Kier molecular flexibility index (Phi) is 6.70. The Morgan fingerprint density at radius 3 is 2.33 bits per heavy atom. The number of carbonyl (C=O) groups is 2. The van der Waals surface area contributed by atoms with Crippen LogP contribution in [0.4, 0.5) is 11.4 Å². The van der Waals surface area contributed by atoms with Crippen molar-refractivity contribution in [3.8, 4) is 11.5 Å². The minimum atomic E-state index is -0.244. The highest BCUT2D eigenvalue weighted by molar-refractivity contribution is 6.05. The molecule has 0 unspecified atom stereocenters. The van der Waals surface area contributed by atoms with E-state index >= 15 is 0 Å². The monoisotopic (exact) mass is 404 g/mol. The van der Waals surface area contributed by atoms with E-state index in [2.05, 4.69) is 10.6 Å². The quantitative estimate of drug-likeness (QED) is 0.610. The number of aryl methyl sites for hydroxylation is 1. The molecule has 0 atom stereocenters. The largest absolute Gasteiger partial charge is 0.497 e. The van der Waals surface area contributed by atoms with E-state index in [-0.39, 0.29) is 18.2 Å². The first-order valence-corrected chi connectivity index (χ1v) is 9.48. The maximum atomic E-state index is 12.7. The maximum Gasteiger partial charge on any atom is 0.255 e. The highest BCUT2D eigenvalue weighted by atomic mass is 16.5. The summed E-state index contributed by atoms with van der Waals surface area (Å²) in [4.78, 5) is 25.2. The molecule has 0 heterocycles. The molecule has 0 saturated carbocycles. The van der Waals surface area contributed by atoms with E-state index in [1.165, 1.54) is 0 Å². The van der Waals surface area contributed by atoms with Gasteiger partial charge in [-0.2, -0.15) is 0 Å². The summed E-state index contributed by atoms with van der Waals surface area (Å²) in [5.41, 5.74) is 3.32. The van der Waals surface area contributed by atoms with Gasteiger partial charge in [-0.1, -0.05) is 24.3 Å². The molecule has 154 valence electrons. The van der Waals surface area contributed by atoms with Crippen molar-refractivity contribution in [1.82, 2.24) is 0 Å². The van der Waals surface area contributed by atoms with E-state index in [1.54, 1.807) is 44.6 Å². The summed E-state index contributed by atoms with van der Waals surface area (Å²) >= 11 is 0. The molecule has 0 spiro atoms. The lowest BCUT2D eigenvalue weighted by molar-refractivity contribution is -0.115. The molecule has 6 heteroatoms. The molecule has 0 aromatic heterocycles. The predicted molar refractivity (Wildman–Crippen MR) is 117 cm³/mol. The highest BCUT2D eigenvalue weighted by Gasteiger charge is 2.13. The number of rotatable bonds is 7. The number of nitrogens with one attached hydrogen (secondary N) is 2. The van der Waals surface area contributed by atoms with Gasteiger partial charge in [-0.25, -0.2) is 0 Å². The van der Waals surface area contributed by atoms with E-state index < -0.39 is 0 Å². The number of ether oxygens (including phenoxy) is 2. The number of benzene rings is 3. The SMILES string of the molecule is COc1ccc(OC)c(CC(=O)Nc2cc(C(=O)Nc3ccccc3)ccc2C)c1. The van der Waals surface area contributed by atoms with Gasteiger partial charge in [0.25, 0.3) is 5.91 Å². The summed E-state index contributed by atoms with van der Waals surface area (Å²) in [6, 6.07) is 19.7. The average molecular weight is 404 g/mol. The molecular formula is C24H24N2O4. The van der Waals surface area contributed by atoms with Crippen LogP contribution in [0.1, 0.15) is 21.5 Å². The minimum absolute atomic E-state index is 0.111. The average Bonchev–Trinajstić information content (AvgIpc) is 2.75. The number of para-hydroxylation sites is 1. The molecule has 0 fully saturated rings. The van der Waals surface area contributed by atoms with Crippen LogP contribution in [0.15, 0.2) is 66.7 Å². The zero-order chi connectivity index (χ0) is 21.5. The summed E-state index contributed by atoms with van der Waals surface area (Å²) < 4.78 is 10.6. The minimum Gasteiger partial charge on any atom is -0.497 e. The Labute approximate surface area is 175 Å². The molecule has 6 nitrogen and oxygen atoms in total. The van der Waals surface area contributed by atoms with Gasteiger partial charge in [0.2, 0.25) is 5.91 Å². The number of hydrogen-bond acceptors (Lipinski definition) is 4. The van der Waals surface area contributed by atoms with Crippen molar-refractivity contribution in [2.75, 3.05) is 24.9 Å². The Balaban J connectivity index is 1.74. The van der Waals surface area contributed by atoms with Gasteiger partial charge in [0.15, 0.2) is 0 Å². The standard InChI is InChI=1S/C24H24N2O4/c1-16-9-10-17(24(28)25-19-7-5-4-6-8-19)14-21(16)26-23(27)15-18-13-20(29-2)11-12-22(18)30-3/h4-14H,15H2,1-3H3,(H,25,28)(H,26,27). The number of anilines is 2. The molecule has 0 radical (unpaired) electrons. The fourth-order valence-corrected chi connectivity index (χ4v) is 3.01. The van der Waals surface area contributed by atoms with Crippen LogP contribution < -0.4 is 20.1 Å². The normalized spacial score (nSPS) is 10.2. The molecule has 2 N–H and O–H groups in total. The lowest BCUT2D eigenvalue weighted by Gasteiger charge is -2.13. The van der Waals surface area contributed by atoms with Gasteiger partial charge in [0.1, 0.15) is 11.5 Å². The second-order valence-corrected chi connectivity index (χ2v) is 6.75. The first kappa shape index (κ1) is 20.9. The van der Waals surface area contributed by atoms with Gasteiger partial charge in [-0.15, -0.1) is 0 Å². The first-order chi connectivity index (χ1) is 14.5. The van der Waals surface area contributed by atoms with Crippen LogP contribution in [-0.4, -0.2) is 26.0 Å². The van der Waals surface area contributed by atoms with Crippen LogP contribution in [0, 0.1) is 6.92 Å². The van der Waals surface area contributed by atoms with Gasteiger partial charge >= 0.3 is 0 Å². The topological polar surface area (TPSA) is 76.7 Å². The maximum absolute atomic E-state index is 12.7. The second-order valence-electron chi connectivity index (χ2n) is 6.75. The summed E-state index contributed by atoms with van der Waals surface area (Å²) in [7, 11) is 3.13. The van der Waals surface area contributed by atoms with Gasteiger partial charge in [0.05, 0.1) is 20.6 Å². The van der Waals surface area contributed by atoms with Crippen LogP contribution in [0.3, 0.4) is 0 Å². The lowest BCUT2D eigenvalue weighted by atomic mass is 10.1. The zero-order valence-corrected chi connectivity index (χ0v) is 17.2. The Morgan fingerprint density at radius 2 is 1.63 bits per heavy atom. The second kappa shape index (κ2) is 9.60. The third-order valence-corrected chi connectivity index (χ3v) is 4.64. The van der Waals surface area contributed by atoms with Crippen LogP contribution in [0.25, 0.3) is 0 Å². The van der Waals surface area contributed by atoms with Crippen molar-refractivity contribution in [1.29, 1.82) is 0 Å². The van der Waals surface area contributed by atoms with E-state index in [1.807, 2.05) is 43.3 Å². The van der Waals surface area contributed by atoms with E-state index in [4.69, 9.17) is 9.47 Å². The summed E-state index contributed by atoms with van der Waals surface area (Å²) in [5, 5.41) is 5.74. The van der Waals surface area contributed by atoms with Gasteiger partial charge in [-0.05, 0) is 55.0 Å². The zero-order valence-electron chi connectivity index (χ0n) is 17.2. The van der Waals surface area contributed by atoms with Crippen LogP contribution in [0.5, 0.6) is 11.5 Å². The van der Waals surface area contributed by atoms with Gasteiger partial charge < -0.3 is 20.1 Å².